The standard InChI is InChI=1S/C28H44O2/c1-19-10-14-24(29)18-23(19)13-12-22-8-7-17-28(6)25(15-16-26(22)28)20(2)9-11-21(3)27(4,5)30/h9,11-13,20-21,24-26,29-30H,1,7-8,10,14-18H2,2-6H3/b11-9+,22-12+,23-13+/t20-,21+,24+,25-,26+,28-/m1/s1/i4+1,5+1,27+1. The van der Waals surface area contributed by atoms with Gasteiger partial charge in [-0.1, -0.05) is 62.8 Å². The van der Waals surface area contributed by atoms with Crippen molar-refractivity contribution in [3.05, 3.63) is 47.6 Å². The molecule has 30 heavy (non-hydrogen) atoms. The van der Waals surface area contributed by atoms with Crippen molar-refractivity contribution in [2.45, 2.75) is 97.7 Å². The second-order valence-electron chi connectivity index (χ2n) is 11.2. The van der Waals surface area contributed by atoms with Gasteiger partial charge >= 0.3 is 0 Å². The fraction of sp³-hybridized carbons (Fsp3) is 0.714. The minimum atomic E-state index is -0.663. The lowest BCUT2D eigenvalue weighted by Crippen LogP contribution is -2.35. The number of hydrogen-bond acceptors (Lipinski definition) is 2. The Morgan fingerprint density at radius 1 is 1.10 bits per heavy atom. The molecule has 3 saturated carbocycles. The van der Waals surface area contributed by atoms with Gasteiger partial charge in [0, 0.05) is 5.92 Å². The van der Waals surface area contributed by atoms with E-state index in [2.05, 4.69) is 51.7 Å². The quantitative estimate of drug-likeness (QED) is 0.385. The highest BCUT2D eigenvalue weighted by atomic mass is 16.4. The van der Waals surface area contributed by atoms with Gasteiger partial charge in [-0.25, -0.2) is 0 Å². The van der Waals surface area contributed by atoms with E-state index in [4.69, 9.17) is 0 Å². The smallest absolute Gasteiger partial charge is 0.0651 e. The molecule has 0 aromatic heterocycles. The molecular weight excluding hydrogens is 371 g/mol. The van der Waals surface area contributed by atoms with Gasteiger partial charge in [0.2, 0.25) is 0 Å². The Kier molecular flexibility index (Phi) is 7.19. The number of hydrogen-bond donors (Lipinski definition) is 2. The second-order valence-corrected chi connectivity index (χ2v) is 11.2. The van der Waals surface area contributed by atoms with Crippen LogP contribution < -0.4 is 0 Å². The van der Waals surface area contributed by atoms with Gasteiger partial charge in [-0.2, -0.15) is 0 Å². The predicted molar refractivity (Wildman–Crippen MR) is 127 cm³/mol. The summed E-state index contributed by atoms with van der Waals surface area (Å²) < 4.78 is 0. The Labute approximate surface area is 184 Å². The van der Waals surface area contributed by atoms with Crippen LogP contribution in [0.5, 0.6) is 0 Å². The molecule has 2 N–H and O–H groups in total. The molecule has 0 aliphatic heterocycles. The third-order valence-electron chi connectivity index (χ3n) is 8.68. The van der Waals surface area contributed by atoms with Gasteiger partial charge in [-0.15, -0.1) is 0 Å². The highest BCUT2D eigenvalue weighted by molar-refractivity contribution is 5.36. The Bertz CT molecular complexity index is 719. The topological polar surface area (TPSA) is 40.5 Å². The first kappa shape index (κ1) is 23.5. The zero-order chi connectivity index (χ0) is 22.1. The van der Waals surface area contributed by atoms with E-state index in [9.17, 15) is 10.2 Å². The van der Waals surface area contributed by atoms with Gasteiger partial charge in [-0.3, -0.25) is 0 Å². The Morgan fingerprint density at radius 3 is 2.53 bits per heavy atom. The van der Waals surface area contributed by atoms with Crippen LogP contribution in [0.2, 0.25) is 0 Å². The summed E-state index contributed by atoms with van der Waals surface area (Å²) in [4.78, 5) is 0. The van der Waals surface area contributed by atoms with E-state index in [0.717, 1.165) is 19.3 Å². The van der Waals surface area contributed by atoms with Crippen LogP contribution >= 0.6 is 0 Å². The van der Waals surface area contributed by atoms with Crippen molar-refractivity contribution in [3.63, 3.8) is 0 Å². The lowest BCUT2D eigenvalue weighted by molar-refractivity contribution is 0.0436. The fourth-order valence-corrected chi connectivity index (χ4v) is 6.25. The van der Waals surface area contributed by atoms with Crippen LogP contribution in [0.25, 0.3) is 0 Å². The van der Waals surface area contributed by atoms with E-state index >= 15 is 0 Å². The highest BCUT2D eigenvalue weighted by Crippen LogP contribution is 2.59. The third kappa shape index (κ3) is 5.02. The maximum atomic E-state index is 10.3. The van der Waals surface area contributed by atoms with Crippen molar-refractivity contribution in [2.75, 3.05) is 0 Å². The molecule has 3 rings (SSSR count). The van der Waals surface area contributed by atoms with Crippen molar-refractivity contribution in [2.24, 2.45) is 29.1 Å². The molecule has 0 heterocycles. The van der Waals surface area contributed by atoms with Gasteiger partial charge in [-0.05, 0) is 94.0 Å². The van der Waals surface area contributed by atoms with E-state index in [1.807, 2.05) is 13.8 Å². The van der Waals surface area contributed by atoms with Crippen LogP contribution in [0.3, 0.4) is 0 Å². The van der Waals surface area contributed by atoms with Crippen LogP contribution in [0.4, 0.5) is 0 Å². The zero-order valence-electron chi connectivity index (χ0n) is 20.0. The summed E-state index contributed by atoms with van der Waals surface area (Å²) in [6.07, 6.45) is 18.0. The van der Waals surface area contributed by atoms with E-state index in [1.165, 1.54) is 43.3 Å². The third-order valence-corrected chi connectivity index (χ3v) is 8.68. The lowest BCUT2D eigenvalue weighted by atomic mass is 9.61. The number of aliphatic hydroxyl groups excluding tert-OH is 1. The minimum absolute atomic E-state index is 0.164. The van der Waals surface area contributed by atoms with Crippen molar-refractivity contribution in [3.8, 4) is 0 Å². The molecule has 0 radical (unpaired) electrons. The predicted octanol–water partition coefficient (Wildman–Crippen LogP) is 6.76. The summed E-state index contributed by atoms with van der Waals surface area (Å²) in [5.41, 5.74) is 3.78. The van der Waals surface area contributed by atoms with E-state index in [1.54, 1.807) is 5.57 Å². The monoisotopic (exact) mass is 415 g/mol. The maximum Gasteiger partial charge on any atom is 0.0651 e. The molecule has 3 aliphatic rings. The molecule has 3 aliphatic carbocycles. The average Bonchev–Trinajstić information content (AvgIpc) is 3.03. The average molecular weight is 416 g/mol. The SMILES string of the molecule is C=C1CC[C@H](O)C/C1=C\C=C1/CCC[C@]2(C)[C@@H]([C@H](C)/C=C/[C@H](C)[13C]([13CH3])([13CH3])O)CC[C@@H]12. The molecule has 0 spiro atoms. The maximum absolute atomic E-state index is 10.3. The fourth-order valence-electron chi connectivity index (χ4n) is 6.25. The molecule has 0 aromatic carbocycles. The van der Waals surface area contributed by atoms with Gasteiger partial charge in [0.1, 0.15) is 0 Å². The number of rotatable bonds is 5. The summed E-state index contributed by atoms with van der Waals surface area (Å²) >= 11 is 0. The van der Waals surface area contributed by atoms with Crippen molar-refractivity contribution in [1.82, 2.24) is 0 Å². The molecule has 2 nitrogen and oxygen atoms in total. The van der Waals surface area contributed by atoms with Crippen LogP contribution in [-0.2, 0) is 0 Å². The Morgan fingerprint density at radius 2 is 1.83 bits per heavy atom. The van der Waals surface area contributed by atoms with Gasteiger partial charge in [0.25, 0.3) is 0 Å². The largest absolute Gasteiger partial charge is 0.393 e. The van der Waals surface area contributed by atoms with E-state index in [0.29, 0.717) is 23.2 Å². The molecule has 2 heteroatoms. The van der Waals surface area contributed by atoms with Crippen LogP contribution in [-0.4, -0.2) is 21.9 Å². The van der Waals surface area contributed by atoms with Crippen molar-refractivity contribution in [1.29, 1.82) is 0 Å². The first-order chi connectivity index (χ1) is 14.0. The molecule has 0 unspecified atom stereocenters. The molecule has 168 valence electrons. The van der Waals surface area contributed by atoms with E-state index in [-0.39, 0.29) is 12.0 Å². The summed E-state index contributed by atoms with van der Waals surface area (Å²) in [6, 6.07) is 0. The van der Waals surface area contributed by atoms with Crippen molar-refractivity contribution >= 4 is 0 Å². The minimum Gasteiger partial charge on any atom is -0.393 e. The van der Waals surface area contributed by atoms with Crippen molar-refractivity contribution < 1.29 is 10.2 Å². The molecule has 0 saturated heterocycles. The molecular formula is C28H44O2. The molecule has 3 fully saturated rings. The number of aliphatic hydroxyl groups is 2. The number of fused-ring (bicyclic) bond motifs is 1. The van der Waals surface area contributed by atoms with Gasteiger partial charge < -0.3 is 10.2 Å². The summed E-state index contributed by atoms with van der Waals surface area (Å²) in [5, 5.41) is 20.3. The molecule has 6 atom stereocenters. The first-order valence-electron chi connectivity index (χ1n) is 12.2. The molecule has 0 aromatic rings. The van der Waals surface area contributed by atoms with Gasteiger partial charge in [0.05, 0.1) is 11.7 Å². The van der Waals surface area contributed by atoms with Gasteiger partial charge in [0.15, 0.2) is 0 Å². The Hall–Kier alpha value is -1.12. The van der Waals surface area contributed by atoms with E-state index < -0.39 is 5.60 Å². The summed E-state index contributed by atoms with van der Waals surface area (Å²) in [6.45, 7) is 15.0. The first-order valence-corrected chi connectivity index (χ1v) is 12.2. The number of allylic oxidation sites excluding steroid dienone is 5. The highest BCUT2D eigenvalue weighted by Gasteiger charge is 2.50. The Balaban J connectivity index is 1.75. The molecule has 0 bridgehead atoms. The zero-order valence-corrected chi connectivity index (χ0v) is 20.0. The lowest BCUT2D eigenvalue weighted by Gasteiger charge is -2.44. The van der Waals surface area contributed by atoms with Crippen LogP contribution in [0.15, 0.2) is 47.6 Å². The second kappa shape index (κ2) is 9.17. The summed E-state index contributed by atoms with van der Waals surface area (Å²) in [7, 11) is 0. The normalized spacial score (nSPS) is 37.7. The summed E-state index contributed by atoms with van der Waals surface area (Å²) in [5.74, 6) is 2.08. The van der Waals surface area contributed by atoms with Crippen LogP contribution in [0, 0.1) is 29.1 Å². The molecule has 0 amide bonds. The van der Waals surface area contributed by atoms with Crippen LogP contribution in [0.1, 0.15) is 86.0 Å².